The summed E-state index contributed by atoms with van der Waals surface area (Å²) in [5.74, 6) is 0.431. The second kappa shape index (κ2) is 7.73. The minimum atomic E-state index is -0.152. The standard InChI is InChI=1S/C21H35N3O4/c1-4-27-19(25)23-10-7-21(14-23)11-17(12-21)22-8-5-16(6-9-22)24-18(15(2)3)13-28-20(24)26/h15-18H,4-14H2,1-3H3. The fraction of sp³-hybridized carbons (Fsp3) is 0.905. The van der Waals surface area contributed by atoms with Gasteiger partial charge in [-0.3, -0.25) is 4.90 Å². The summed E-state index contributed by atoms with van der Waals surface area (Å²) in [7, 11) is 0. The molecule has 0 bridgehead atoms. The normalized spacial score (nSPS) is 34.2. The molecule has 0 aromatic heterocycles. The van der Waals surface area contributed by atoms with Crippen molar-refractivity contribution in [1.29, 1.82) is 0 Å². The molecule has 0 aromatic carbocycles. The second-order valence-electron chi connectivity index (χ2n) is 9.50. The lowest BCUT2D eigenvalue weighted by atomic mass is 9.64. The van der Waals surface area contributed by atoms with Crippen LogP contribution in [0.5, 0.6) is 0 Å². The van der Waals surface area contributed by atoms with Gasteiger partial charge >= 0.3 is 12.2 Å². The Morgan fingerprint density at radius 2 is 1.93 bits per heavy atom. The molecule has 4 rings (SSSR count). The summed E-state index contributed by atoms with van der Waals surface area (Å²) in [5, 5.41) is 0. The Bertz CT molecular complexity index is 596. The van der Waals surface area contributed by atoms with E-state index >= 15 is 0 Å². The van der Waals surface area contributed by atoms with Gasteiger partial charge in [0.2, 0.25) is 0 Å². The van der Waals surface area contributed by atoms with Crippen LogP contribution in [0.2, 0.25) is 0 Å². The van der Waals surface area contributed by atoms with Crippen LogP contribution >= 0.6 is 0 Å². The molecule has 1 saturated carbocycles. The lowest BCUT2D eigenvalue weighted by Gasteiger charge is -2.52. The molecule has 1 spiro atoms. The maximum Gasteiger partial charge on any atom is 0.410 e. The van der Waals surface area contributed by atoms with E-state index in [1.165, 1.54) is 12.8 Å². The zero-order valence-electron chi connectivity index (χ0n) is 17.6. The molecule has 1 unspecified atom stereocenters. The fourth-order valence-electron chi connectivity index (χ4n) is 5.75. The van der Waals surface area contributed by atoms with E-state index in [0.29, 0.717) is 36.6 Å². The monoisotopic (exact) mass is 393 g/mol. The Morgan fingerprint density at radius 1 is 1.21 bits per heavy atom. The summed E-state index contributed by atoms with van der Waals surface area (Å²) in [4.78, 5) is 30.7. The number of amides is 2. The highest BCUT2D eigenvalue weighted by molar-refractivity contribution is 5.70. The van der Waals surface area contributed by atoms with E-state index in [1.54, 1.807) is 0 Å². The number of rotatable bonds is 4. The lowest BCUT2D eigenvalue weighted by molar-refractivity contribution is -0.0148. The van der Waals surface area contributed by atoms with Gasteiger partial charge in [-0.15, -0.1) is 0 Å². The average molecular weight is 394 g/mol. The Hall–Kier alpha value is -1.50. The van der Waals surface area contributed by atoms with Crippen molar-refractivity contribution in [3.05, 3.63) is 0 Å². The van der Waals surface area contributed by atoms with E-state index in [4.69, 9.17) is 9.47 Å². The summed E-state index contributed by atoms with van der Waals surface area (Å²) >= 11 is 0. The first-order chi connectivity index (χ1) is 13.4. The van der Waals surface area contributed by atoms with Gasteiger partial charge in [0, 0.05) is 38.3 Å². The Labute approximate surface area is 168 Å². The summed E-state index contributed by atoms with van der Waals surface area (Å²) in [6.07, 6.45) is 5.29. The van der Waals surface area contributed by atoms with Gasteiger partial charge in [0.05, 0.1) is 12.6 Å². The van der Waals surface area contributed by atoms with E-state index in [-0.39, 0.29) is 18.2 Å². The Kier molecular flexibility index (Phi) is 5.47. The van der Waals surface area contributed by atoms with Gasteiger partial charge in [0.1, 0.15) is 6.61 Å². The molecular formula is C21H35N3O4. The van der Waals surface area contributed by atoms with Crippen molar-refractivity contribution in [2.24, 2.45) is 11.3 Å². The molecule has 1 atom stereocenters. The smallest absolute Gasteiger partial charge is 0.410 e. The zero-order chi connectivity index (χ0) is 19.9. The third-order valence-corrected chi connectivity index (χ3v) is 7.43. The topological polar surface area (TPSA) is 62.3 Å². The molecule has 2 amide bonds. The highest BCUT2D eigenvalue weighted by Crippen LogP contribution is 2.50. The van der Waals surface area contributed by atoms with Crippen LogP contribution in [0, 0.1) is 11.3 Å². The van der Waals surface area contributed by atoms with Crippen LogP contribution in [0.4, 0.5) is 9.59 Å². The molecule has 0 aromatic rings. The van der Waals surface area contributed by atoms with E-state index in [9.17, 15) is 9.59 Å². The number of piperidine rings is 1. The summed E-state index contributed by atoms with van der Waals surface area (Å²) in [6, 6.07) is 1.18. The van der Waals surface area contributed by atoms with Gasteiger partial charge < -0.3 is 19.3 Å². The molecule has 4 aliphatic rings. The lowest BCUT2D eigenvalue weighted by Crippen LogP contribution is -2.57. The van der Waals surface area contributed by atoms with E-state index in [0.717, 1.165) is 45.4 Å². The first-order valence-corrected chi connectivity index (χ1v) is 11.0. The number of cyclic esters (lactones) is 1. The van der Waals surface area contributed by atoms with Crippen LogP contribution in [0.3, 0.4) is 0 Å². The van der Waals surface area contributed by atoms with Crippen molar-refractivity contribution in [1.82, 2.24) is 14.7 Å². The van der Waals surface area contributed by atoms with Gasteiger partial charge in [-0.05, 0) is 50.4 Å². The summed E-state index contributed by atoms with van der Waals surface area (Å²) in [5.41, 5.74) is 0.315. The SMILES string of the molecule is CCOC(=O)N1CCC2(CC(N3CCC(N4C(=O)OCC4C(C)C)CC3)C2)C1. The van der Waals surface area contributed by atoms with Crippen molar-refractivity contribution in [2.45, 2.75) is 71.0 Å². The largest absolute Gasteiger partial charge is 0.450 e. The van der Waals surface area contributed by atoms with Gasteiger partial charge in [0.15, 0.2) is 0 Å². The summed E-state index contributed by atoms with van der Waals surface area (Å²) in [6.45, 7) is 11.0. The minimum Gasteiger partial charge on any atom is -0.450 e. The third-order valence-electron chi connectivity index (χ3n) is 7.43. The molecule has 1 aliphatic carbocycles. The van der Waals surface area contributed by atoms with Gasteiger partial charge in [-0.25, -0.2) is 9.59 Å². The highest BCUT2D eigenvalue weighted by Gasteiger charge is 2.52. The van der Waals surface area contributed by atoms with Crippen molar-refractivity contribution < 1.29 is 19.1 Å². The first-order valence-electron chi connectivity index (χ1n) is 11.0. The Morgan fingerprint density at radius 3 is 2.57 bits per heavy atom. The maximum absolute atomic E-state index is 12.2. The van der Waals surface area contributed by atoms with Crippen LogP contribution in [0.15, 0.2) is 0 Å². The molecule has 28 heavy (non-hydrogen) atoms. The number of carbonyl (C=O) groups is 2. The highest BCUT2D eigenvalue weighted by atomic mass is 16.6. The minimum absolute atomic E-state index is 0.121. The molecule has 3 heterocycles. The number of likely N-dealkylation sites (tertiary alicyclic amines) is 2. The molecular weight excluding hydrogens is 358 g/mol. The third kappa shape index (κ3) is 3.58. The molecule has 3 aliphatic heterocycles. The van der Waals surface area contributed by atoms with E-state index in [1.807, 2.05) is 16.7 Å². The van der Waals surface area contributed by atoms with Crippen molar-refractivity contribution in [3.8, 4) is 0 Å². The molecule has 7 nitrogen and oxygen atoms in total. The predicted octanol–water partition coefficient (Wildman–Crippen LogP) is 2.94. The number of carbonyl (C=O) groups excluding carboxylic acids is 2. The van der Waals surface area contributed by atoms with Crippen LogP contribution < -0.4 is 0 Å². The molecule has 0 N–H and O–H groups in total. The van der Waals surface area contributed by atoms with Crippen molar-refractivity contribution in [3.63, 3.8) is 0 Å². The fourth-order valence-corrected chi connectivity index (χ4v) is 5.75. The second-order valence-corrected chi connectivity index (χ2v) is 9.50. The van der Waals surface area contributed by atoms with Gasteiger partial charge in [0.25, 0.3) is 0 Å². The van der Waals surface area contributed by atoms with Crippen LogP contribution in [-0.4, -0.2) is 84.4 Å². The van der Waals surface area contributed by atoms with Crippen LogP contribution in [0.1, 0.15) is 52.9 Å². The summed E-state index contributed by atoms with van der Waals surface area (Å²) < 4.78 is 10.5. The first kappa shape index (κ1) is 19.8. The number of hydrogen-bond acceptors (Lipinski definition) is 5. The maximum atomic E-state index is 12.2. The predicted molar refractivity (Wildman–Crippen MR) is 105 cm³/mol. The van der Waals surface area contributed by atoms with E-state index in [2.05, 4.69) is 18.7 Å². The molecule has 158 valence electrons. The molecule has 4 fully saturated rings. The van der Waals surface area contributed by atoms with Crippen molar-refractivity contribution in [2.75, 3.05) is 39.4 Å². The van der Waals surface area contributed by atoms with Crippen LogP contribution in [-0.2, 0) is 9.47 Å². The van der Waals surface area contributed by atoms with Crippen molar-refractivity contribution >= 4 is 12.2 Å². The molecule has 0 radical (unpaired) electrons. The zero-order valence-corrected chi connectivity index (χ0v) is 17.6. The van der Waals surface area contributed by atoms with Gasteiger partial charge in [-0.1, -0.05) is 13.8 Å². The van der Waals surface area contributed by atoms with E-state index < -0.39 is 0 Å². The number of hydrogen-bond donors (Lipinski definition) is 0. The average Bonchev–Trinajstić information content (AvgIpc) is 3.25. The molecule has 7 heteroatoms. The van der Waals surface area contributed by atoms with Crippen LogP contribution in [0.25, 0.3) is 0 Å². The Balaban J connectivity index is 1.25. The molecule has 3 saturated heterocycles. The van der Waals surface area contributed by atoms with Gasteiger partial charge in [-0.2, -0.15) is 0 Å². The number of ether oxygens (including phenoxy) is 2. The quantitative estimate of drug-likeness (QED) is 0.735. The number of nitrogens with zero attached hydrogens (tertiary/aromatic N) is 3.